The molecule has 8 nitrogen and oxygen atoms in total. The van der Waals surface area contributed by atoms with E-state index in [1.807, 2.05) is 53.2 Å². The number of rotatable bonds is 4. The molecule has 5 rings (SSSR count). The molecule has 3 heterocycles. The van der Waals surface area contributed by atoms with Gasteiger partial charge in [-0.1, -0.05) is 30.7 Å². The van der Waals surface area contributed by atoms with Gasteiger partial charge in [-0.15, -0.1) is 0 Å². The summed E-state index contributed by atoms with van der Waals surface area (Å²) in [6.07, 6.45) is 20.1. The Morgan fingerprint density at radius 2 is 1.73 bits per heavy atom. The summed E-state index contributed by atoms with van der Waals surface area (Å²) in [5.41, 5.74) is 6.07. The van der Waals surface area contributed by atoms with Gasteiger partial charge in [-0.3, -0.25) is 15.2 Å². The molecular formula is C32H40N6O2. The molecule has 1 unspecified atom stereocenters. The Hall–Kier alpha value is -3.81. The second kappa shape index (κ2) is 12.6. The van der Waals surface area contributed by atoms with E-state index in [1.165, 1.54) is 6.42 Å². The quantitative estimate of drug-likeness (QED) is 0.437. The lowest BCUT2D eigenvalue weighted by molar-refractivity contribution is 0.0943. The largest absolute Gasteiger partial charge is 0.341 e. The Balaban J connectivity index is 1.25. The molecule has 3 N–H and O–H groups in total. The third-order valence-corrected chi connectivity index (χ3v) is 8.32. The molecule has 8 heteroatoms. The standard InChI is InChI=1S/C32H40N6O2/c1-22-17-23(30(34)24-9-4-2-5-11-27(33)18-24)10-8-12-28(22)36-31(39)29-19-26-21-38(16-13-25(26)20-35-29)32(40)37-14-6-3-7-15-37/h8,10,12,17-20,28,33-34H,2-7,9,11,13-16,21H2,1H3,(H,36,39)/b24-18+,33-27?,34-30?. The van der Waals surface area contributed by atoms with Gasteiger partial charge < -0.3 is 20.5 Å². The van der Waals surface area contributed by atoms with E-state index in [2.05, 4.69) is 10.3 Å². The SMILES string of the molecule is CC1=CC(C(=N)/C2=C/C(=N)CCCCC2)=CC=CC1NC(=O)c1cc2c(cn1)CCN(C(=O)N1CCCCC1)C2. The monoisotopic (exact) mass is 540 g/mol. The molecule has 2 aliphatic carbocycles. The van der Waals surface area contributed by atoms with Gasteiger partial charge in [0, 0.05) is 38.1 Å². The lowest BCUT2D eigenvalue weighted by atomic mass is 9.92. The number of likely N-dealkylation sites (tertiary alicyclic amines) is 1. The maximum Gasteiger partial charge on any atom is 0.320 e. The highest BCUT2D eigenvalue weighted by Gasteiger charge is 2.27. The van der Waals surface area contributed by atoms with E-state index >= 15 is 0 Å². The van der Waals surface area contributed by atoms with Crippen LogP contribution in [0, 0.1) is 10.8 Å². The summed E-state index contributed by atoms with van der Waals surface area (Å²) >= 11 is 0. The van der Waals surface area contributed by atoms with Crippen molar-refractivity contribution in [2.45, 2.75) is 77.3 Å². The average molecular weight is 541 g/mol. The number of allylic oxidation sites excluding steroid dienone is 6. The lowest BCUT2D eigenvalue weighted by Gasteiger charge is -2.35. The normalized spacial score (nSPS) is 23.0. The molecule has 1 fully saturated rings. The number of urea groups is 1. The molecule has 0 saturated carbocycles. The van der Waals surface area contributed by atoms with Crippen LogP contribution >= 0.6 is 0 Å². The fraction of sp³-hybridized carbons (Fsp3) is 0.469. The first-order valence-corrected chi connectivity index (χ1v) is 14.7. The molecule has 0 radical (unpaired) electrons. The Kier molecular flexibility index (Phi) is 8.72. The minimum atomic E-state index is -0.325. The third kappa shape index (κ3) is 6.49. The van der Waals surface area contributed by atoms with Gasteiger partial charge in [0.05, 0.1) is 11.8 Å². The highest BCUT2D eigenvalue weighted by atomic mass is 16.2. The lowest BCUT2D eigenvalue weighted by Crippen LogP contribution is -2.47. The van der Waals surface area contributed by atoms with E-state index in [4.69, 9.17) is 10.8 Å². The van der Waals surface area contributed by atoms with E-state index in [0.29, 0.717) is 30.2 Å². The molecule has 1 aromatic heterocycles. The fourth-order valence-electron chi connectivity index (χ4n) is 5.89. The van der Waals surface area contributed by atoms with Gasteiger partial charge in [0.15, 0.2) is 0 Å². The molecular weight excluding hydrogens is 500 g/mol. The van der Waals surface area contributed by atoms with Crippen LogP contribution in [0.2, 0.25) is 0 Å². The molecule has 2 aliphatic heterocycles. The zero-order valence-corrected chi connectivity index (χ0v) is 23.5. The Morgan fingerprint density at radius 3 is 2.55 bits per heavy atom. The second-order valence-electron chi connectivity index (χ2n) is 11.3. The highest BCUT2D eigenvalue weighted by molar-refractivity contribution is 6.15. The summed E-state index contributed by atoms with van der Waals surface area (Å²) in [4.78, 5) is 34.6. The molecule has 1 atom stereocenters. The Bertz CT molecular complexity index is 1310. The van der Waals surface area contributed by atoms with Gasteiger partial charge >= 0.3 is 6.03 Å². The van der Waals surface area contributed by atoms with Crippen LogP contribution in [0.1, 0.15) is 79.9 Å². The number of hydrogen-bond donors (Lipinski definition) is 3. The van der Waals surface area contributed by atoms with Gasteiger partial charge in [-0.2, -0.15) is 0 Å². The Labute approximate surface area is 236 Å². The molecule has 40 heavy (non-hydrogen) atoms. The number of amides is 3. The topological polar surface area (TPSA) is 113 Å². The Morgan fingerprint density at radius 1 is 0.950 bits per heavy atom. The number of carbonyl (C=O) groups excluding carboxylic acids is 2. The van der Waals surface area contributed by atoms with Crippen molar-refractivity contribution in [3.63, 3.8) is 0 Å². The first kappa shape index (κ1) is 27.7. The van der Waals surface area contributed by atoms with E-state index in [9.17, 15) is 9.59 Å². The molecule has 0 aromatic carbocycles. The predicted octanol–water partition coefficient (Wildman–Crippen LogP) is 5.52. The van der Waals surface area contributed by atoms with Crippen LogP contribution in [-0.2, 0) is 13.0 Å². The van der Waals surface area contributed by atoms with Crippen molar-refractivity contribution in [3.05, 3.63) is 76.2 Å². The van der Waals surface area contributed by atoms with Gasteiger partial charge in [0.2, 0.25) is 0 Å². The van der Waals surface area contributed by atoms with Crippen molar-refractivity contribution in [1.82, 2.24) is 20.1 Å². The van der Waals surface area contributed by atoms with Gasteiger partial charge in [-0.05, 0) is 98.3 Å². The summed E-state index contributed by atoms with van der Waals surface area (Å²) in [7, 11) is 0. The molecule has 4 aliphatic rings. The number of pyridine rings is 1. The zero-order valence-electron chi connectivity index (χ0n) is 23.5. The van der Waals surface area contributed by atoms with E-state index in [0.717, 1.165) is 92.3 Å². The zero-order chi connectivity index (χ0) is 28.1. The van der Waals surface area contributed by atoms with Gasteiger partial charge in [-0.25, -0.2) is 4.79 Å². The first-order valence-electron chi connectivity index (χ1n) is 14.7. The molecule has 1 aromatic rings. The molecule has 3 amide bonds. The number of carbonyl (C=O) groups is 2. The van der Waals surface area contributed by atoms with Crippen molar-refractivity contribution >= 4 is 23.4 Å². The van der Waals surface area contributed by atoms with Crippen LogP contribution in [-0.4, -0.2) is 63.8 Å². The number of fused-ring (bicyclic) bond motifs is 1. The number of nitrogens with one attached hydrogen (secondary N) is 3. The van der Waals surface area contributed by atoms with Crippen molar-refractivity contribution in [3.8, 4) is 0 Å². The van der Waals surface area contributed by atoms with Crippen LogP contribution in [0.3, 0.4) is 0 Å². The van der Waals surface area contributed by atoms with Crippen molar-refractivity contribution in [1.29, 1.82) is 10.8 Å². The number of aromatic nitrogens is 1. The van der Waals surface area contributed by atoms with E-state index < -0.39 is 0 Å². The third-order valence-electron chi connectivity index (χ3n) is 8.32. The maximum absolute atomic E-state index is 13.3. The number of piperidine rings is 1. The van der Waals surface area contributed by atoms with Crippen LogP contribution in [0.4, 0.5) is 4.79 Å². The summed E-state index contributed by atoms with van der Waals surface area (Å²) < 4.78 is 0. The smallest absolute Gasteiger partial charge is 0.320 e. The molecule has 210 valence electrons. The molecule has 0 spiro atoms. The summed E-state index contributed by atoms with van der Waals surface area (Å²) in [5, 5.41) is 20.1. The molecule has 0 bridgehead atoms. The molecule has 1 saturated heterocycles. The van der Waals surface area contributed by atoms with Crippen LogP contribution in [0.5, 0.6) is 0 Å². The first-order chi connectivity index (χ1) is 19.4. The minimum absolute atomic E-state index is 0.0957. The minimum Gasteiger partial charge on any atom is -0.341 e. The summed E-state index contributed by atoms with van der Waals surface area (Å²) in [6.45, 7) is 4.78. The highest BCUT2D eigenvalue weighted by Crippen LogP contribution is 2.24. The van der Waals surface area contributed by atoms with Crippen LogP contribution < -0.4 is 5.32 Å². The van der Waals surface area contributed by atoms with Crippen molar-refractivity contribution in [2.75, 3.05) is 19.6 Å². The van der Waals surface area contributed by atoms with E-state index in [-0.39, 0.29) is 18.0 Å². The van der Waals surface area contributed by atoms with E-state index in [1.54, 1.807) is 6.20 Å². The van der Waals surface area contributed by atoms with Gasteiger partial charge in [0.25, 0.3) is 5.91 Å². The summed E-state index contributed by atoms with van der Waals surface area (Å²) in [5.74, 6) is -0.264. The van der Waals surface area contributed by atoms with Crippen molar-refractivity contribution < 1.29 is 9.59 Å². The number of hydrogen-bond acceptors (Lipinski definition) is 5. The second-order valence-corrected chi connectivity index (χ2v) is 11.3. The van der Waals surface area contributed by atoms with Crippen LogP contribution in [0.25, 0.3) is 0 Å². The maximum atomic E-state index is 13.3. The number of nitrogens with zero attached hydrogens (tertiary/aromatic N) is 3. The van der Waals surface area contributed by atoms with Crippen LogP contribution in [0.15, 0.2) is 59.4 Å². The van der Waals surface area contributed by atoms with Gasteiger partial charge in [0.1, 0.15) is 5.69 Å². The summed E-state index contributed by atoms with van der Waals surface area (Å²) in [6, 6.07) is 1.60. The predicted molar refractivity (Wildman–Crippen MR) is 158 cm³/mol. The average Bonchev–Trinajstić information content (AvgIpc) is 3.14. The fourth-order valence-corrected chi connectivity index (χ4v) is 5.89. The van der Waals surface area contributed by atoms with Crippen molar-refractivity contribution in [2.24, 2.45) is 0 Å².